The van der Waals surface area contributed by atoms with Crippen LogP contribution in [0, 0.1) is 4.77 Å². The summed E-state index contributed by atoms with van der Waals surface area (Å²) in [5, 5.41) is 4.75. The molecule has 1 aliphatic heterocycles. The molecular weight excluding hydrogens is 394 g/mol. The summed E-state index contributed by atoms with van der Waals surface area (Å²) in [6.07, 6.45) is 1.55. The molecule has 0 unspecified atom stereocenters. The number of hydrogen-bond acceptors (Lipinski definition) is 5. The van der Waals surface area contributed by atoms with Crippen molar-refractivity contribution < 1.29 is 9.47 Å². The molecule has 8 heteroatoms. The number of ether oxygens (including phenoxy) is 2. The molecule has 0 fully saturated rings. The van der Waals surface area contributed by atoms with Crippen LogP contribution in [0.1, 0.15) is 5.56 Å². The minimum atomic E-state index is -0.275. The van der Waals surface area contributed by atoms with E-state index in [2.05, 4.69) is 26.0 Å². The number of H-pyrrole nitrogens is 1. The third-order valence-corrected chi connectivity index (χ3v) is 4.55. The Labute approximate surface area is 149 Å². The van der Waals surface area contributed by atoms with Crippen LogP contribution in [0.15, 0.2) is 50.8 Å². The Kier molecular flexibility index (Phi) is 3.70. The summed E-state index contributed by atoms with van der Waals surface area (Å²) in [6, 6.07) is 10.7. The van der Waals surface area contributed by atoms with Crippen LogP contribution in [0.3, 0.4) is 0 Å². The molecule has 0 saturated carbocycles. The summed E-state index contributed by atoms with van der Waals surface area (Å²) >= 11 is 8.68. The molecule has 0 atom stereocenters. The topological polar surface area (TPSA) is 68.6 Å². The standard InChI is InChI=1S/C16H10BrN3O3S/c17-11-6-14-13(22-8-23-14)5-9(11)7-18-20-15(21)10-3-1-2-4-12(10)19-16(20)24/h1-7H,8H2,(H,19,24)/b18-7-. The number of benzene rings is 2. The number of fused-ring (bicyclic) bond motifs is 2. The lowest BCUT2D eigenvalue weighted by molar-refractivity contribution is 0.174. The number of rotatable bonds is 2. The molecule has 1 aliphatic rings. The molecule has 0 amide bonds. The third-order valence-electron chi connectivity index (χ3n) is 3.59. The van der Waals surface area contributed by atoms with Gasteiger partial charge in [0.1, 0.15) is 0 Å². The molecule has 4 rings (SSSR count). The number of aromatic nitrogens is 2. The molecule has 0 spiro atoms. The van der Waals surface area contributed by atoms with Gasteiger partial charge in [-0.1, -0.05) is 12.1 Å². The molecule has 24 heavy (non-hydrogen) atoms. The molecule has 1 N–H and O–H groups in total. The Hall–Kier alpha value is -2.45. The van der Waals surface area contributed by atoms with E-state index in [1.54, 1.807) is 36.5 Å². The van der Waals surface area contributed by atoms with Crippen molar-refractivity contribution in [1.29, 1.82) is 0 Å². The maximum atomic E-state index is 12.5. The van der Waals surface area contributed by atoms with Crippen LogP contribution in [0.2, 0.25) is 0 Å². The van der Waals surface area contributed by atoms with E-state index in [1.165, 1.54) is 0 Å². The van der Waals surface area contributed by atoms with Crippen LogP contribution in [0.4, 0.5) is 0 Å². The van der Waals surface area contributed by atoms with E-state index in [0.717, 1.165) is 14.7 Å². The molecule has 0 bridgehead atoms. The van der Waals surface area contributed by atoms with Gasteiger partial charge in [-0.25, -0.2) is 0 Å². The van der Waals surface area contributed by atoms with E-state index in [1.807, 2.05) is 6.07 Å². The average Bonchev–Trinajstić information content (AvgIpc) is 3.01. The van der Waals surface area contributed by atoms with E-state index in [-0.39, 0.29) is 17.1 Å². The molecule has 2 heterocycles. The van der Waals surface area contributed by atoms with Gasteiger partial charge < -0.3 is 14.5 Å². The highest BCUT2D eigenvalue weighted by atomic mass is 79.9. The summed E-state index contributed by atoms with van der Waals surface area (Å²) in [7, 11) is 0. The first kappa shape index (κ1) is 15.1. The Morgan fingerprint density at radius 2 is 2.00 bits per heavy atom. The molecule has 2 aromatic carbocycles. The maximum Gasteiger partial charge on any atom is 0.282 e. The second-order valence-corrected chi connectivity index (χ2v) is 6.31. The van der Waals surface area contributed by atoms with Crippen LogP contribution in [0.5, 0.6) is 11.5 Å². The largest absolute Gasteiger partial charge is 0.454 e. The molecule has 0 aliphatic carbocycles. The minimum Gasteiger partial charge on any atom is -0.454 e. The van der Waals surface area contributed by atoms with Gasteiger partial charge in [-0.2, -0.15) is 9.78 Å². The highest BCUT2D eigenvalue weighted by Gasteiger charge is 2.15. The highest BCUT2D eigenvalue weighted by Crippen LogP contribution is 2.36. The van der Waals surface area contributed by atoms with Gasteiger partial charge in [0, 0.05) is 10.0 Å². The molecule has 0 saturated heterocycles. The van der Waals surface area contributed by atoms with E-state index in [9.17, 15) is 4.79 Å². The highest BCUT2D eigenvalue weighted by molar-refractivity contribution is 9.10. The van der Waals surface area contributed by atoms with Crippen LogP contribution in [-0.4, -0.2) is 22.7 Å². The van der Waals surface area contributed by atoms with Gasteiger partial charge >= 0.3 is 0 Å². The number of nitrogens with zero attached hydrogens (tertiary/aromatic N) is 2. The average molecular weight is 404 g/mol. The Balaban J connectivity index is 1.81. The molecule has 6 nitrogen and oxygen atoms in total. The zero-order valence-corrected chi connectivity index (χ0v) is 14.6. The Morgan fingerprint density at radius 3 is 2.83 bits per heavy atom. The third kappa shape index (κ3) is 2.53. The summed E-state index contributed by atoms with van der Waals surface area (Å²) in [6.45, 7) is 0.192. The fourth-order valence-electron chi connectivity index (χ4n) is 2.41. The van der Waals surface area contributed by atoms with Gasteiger partial charge in [0.2, 0.25) is 11.6 Å². The normalized spacial score (nSPS) is 13.0. The van der Waals surface area contributed by atoms with Crippen molar-refractivity contribution in [3.05, 3.63) is 61.6 Å². The van der Waals surface area contributed by atoms with Crippen molar-refractivity contribution in [2.24, 2.45) is 5.10 Å². The molecule has 3 aromatic rings. The van der Waals surface area contributed by atoms with Gasteiger partial charge in [0.15, 0.2) is 11.5 Å². The summed E-state index contributed by atoms with van der Waals surface area (Å²) < 4.78 is 12.8. The summed E-state index contributed by atoms with van der Waals surface area (Å²) in [5.41, 5.74) is 1.15. The second-order valence-electron chi connectivity index (χ2n) is 5.06. The zero-order valence-electron chi connectivity index (χ0n) is 12.2. The second kappa shape index (κ2) is 5.88. The van der Waals surface area contributed by atoms with E-state index in [4.69, 9.17) is 21.7 Å². The molecule has 0 radical (unpaired) electrons. The SMILES string of the molecule is O=c1c2ccccc2[nH]c(=S)n1/N=C\c1cc2c(cc1Br)OCO2. The fraction of sp³-hybridized carbons (Fsp3) is 0.0625. The lowest BCUT2D eigenvalue weighted by Crippen LogP contribution is -2.18. The maximum absolute atomic E-state index is 12.5. The van der Waals surface area contributed by atoms with Crippen LogP contribution < -0.4 is 15.0 Å². The predicted molar refractivity (Wildman–Crippen MR) is 96.6 cm³/mol. The van der Waals surface area contributed by atoms with Crippen molar-refractivity contribution in [1.82, 2.24) is 9.66 Å². The van der Waals surface area contributed by atoms with Gasteiger partial charge in [0.25, 0.3) is 5.56 Å². The molecular formula is C16H10BrN3O3S. The van der Waals surface area contributed by atoms with Crippen molar-refractivity contribution in [2.45, 2.75) is 0 Å². The smallest absolute Gasteiger partial charge is 0.282 e. The Bertz CT molecular complexity index is 1100. The molecule has 120 valence electrons. The van der Waals surface area contributed by atoms with Crippen LogP contribution in [0.25, 0.3) is 10.9 Å². The first-order valence-electron chi connectivity index (χ1n) is 7.01. The number of nitrogens with one attached hydrogen (secondary N) is 1. The number of hydrogen-bond donors (Lipinski definition) is 1. The lowest BCUT2D eigenvalue weighted by Gasteiger charge is -2.04. The predicted octanol–water partition coefficient (Wildman–Crippen LogP) is 3.43. The van der Waals surface area contributed by atoms with Crippen molar-refractivity contribution in [2.75, 3.05) is 6.79 Å². The molecule has 1 aromatic heterocycles. The van der Waals surface area contributed by atoms with Crippen LogP contribution >= 0.6 is 28.1 Å². The lowest BCUT2D eigenvalue weighted by atomic mass is 10.2. The van der Waals surface area contributed by atoms with Gasteiger partial charge in [-0.3, -0.25) is 4.79 Å². The van der Waals surface area contributed by atoms with Crippen molar-refractivity contribution in [3.63, 3.8) is 0 Å². The quantitative estimate of drug-likeness (QED) is 0.525. The van der Waals surface area contributed by atoms with E-state index >= 15 is 0 Å². The first-order valence-corrected chi connectivity index (χ1v) is 8.21. The summed E-state index contributed by atoms with van der Waals surface area (Å²) in [4.78, 5) is 15.5. The first-order chi connectivity index (χ1) is 11.6. The zero-order chi connectivity index (χ0) is 16.7. The van der Waals surface area contributed by atoms with Crippen LogP contribution in [-0.2, 0) is 0 Å². The van der Waals surface area contributed by atoms with Gasteiger partial charge in [-0.05, 0) is 52.4 Å². The number of para-hydroxylation sites is 1. The minimum absolute atomic E-state index is 0.192. The number of aromatic amines is 1. The van der Waals surface area contributed by atoms with E-state index < -0.39 is 0 Å². The fourth-order valence-corrected chi connectivity index (χ4v) is 3.07. The number of halogens is 1. The summed E-state index contributed by atoms with van der Waals surface area (Å²) in [5.74, 6) is 1.30. The monoisotopic (exact) mass is 403 g/mol. The van der Waals surface area contributed by atoms with Gasteiger partial charge in [-0.15, -0.1) is 0 Å². The van der Waals surface area contributed by atoms with E-state index in [0.29, 0.717) is 22.4 Å². The Morgan fingerprint density at radius 1 is 1.25 bits per heavy atom. The van der Waals surface area contributed by atoms with Gasteiger partial charge in [0.05, 0.1) is 17.1 Å². The van der Waals surface area contributed by atoms with Crippen molar-refractivity contribution >= 4 is 45.3 Å². The van der Waals surface area contributed by atoms with Crippen molar-refractivity contribution in [3.8, 4) is 11.5 Å².